The minimum absolute atomic E-state index is 0.0815. The number of benzene rings is 2. The number of ether oxygens (including phenoxy) is 1. The van der Waals surface area contributed by atoms with Gasteiger partial charge >= 0.3 is 0 Å². The Hall–Kier alpha value is -2.32. The van der Waals surface area contributed by atoms with Gasteiger partial charge in [0.1, 0.15) is 30.1 Å². The van der Waals surface area contributed by atoms with Crippen molar-refractivity contribution in [2.75, 3.05) is 5.73 Å². The van der Waals surface area contributed by atoms with Crippen LogP contribution in [-0.2, 0) is 6.61 Å². The van der Waals surface area contributed by atoms with E-state index < -0.39 is 11.6 Å². The van der Waals surface area contributed by atoms with Gasteiger partial charge in [0, 0.05) is 11.3 Å². The zero-order valence-electron chi connectivity index (χ0n) is 10.2. The molecule has 0 radical (unpaired) electrons. The third kappa shape index (κ3) is 2.81. The molecular weight excluding hydrogens is 286 g/mol. The molecule has 3 nitrogen and oxygen atoms in total. The first-order valence-corrected chi connectivity index (χ1v) is 5.95. The summed E-state index contributed by atoms with van der Waals surface area (Å²) in [4.78, 5) is 0. The Labute approximate surface area is 119 Å². The number of hydrogen-bond acceptors (Lipinski definition) is 3. The molecule has 0 aliphatic heterocycles. The average molecular weight is 295 g/mol. The predicted octanol–water partition coefficient (Wildman–Crippen LogP) is 3.65. The molecule has 0 bridgehead atoms. The minimum atomic E-state index is -0.721. The van der Waals surface area contributed by atoms with Crippen LogP contribution < -0.4 is 10.5 Å². The number of hydrogen-bond donors (Lipinski definition) is 1. The van der Waals surface area contributed by atoms with Crippen molar-refractivity contribution in [2.45, 2.75) is 6.61 Å². The van der Waals surface area contributed by atoms with Crippen molar-refractivity contribution < 1.29 is 13.5 Å². The zero-order chi connectivity index (χ0) is 14.7. The maximum absolute atomic E-state index is 13.5. The Balaban J connectivity index is 2.22. The molecule has 0 amide bonds. The lowest BCUT2D eigenvalue weighted by molar-refractivity contribution is 0.299. The molecule has 2 N–H and O–H groups in total. The fraction of sp³-hybridized carbons (Fsp3) is 0.0714. The Morgan fingerprint density at radius 3 is 2.60 bits per heavy atom. The van der Waals surface area contributed by atoms with Crippen molar-refractivity contribution in [3.05, 3.63) is 58.1 Å². The average Bonchev–Trinajstić information content (AvgIpc) is 2.44. The fourth-order valence-corrected chi connectivity index (χ4v) is 1.79. The first-order chi connectivity index (χ1) is 9.52. The van der Waals surface area contributed by atoms with Crippen molar-refractivity contribution in [1.82, 2.24) is 0 Å². The molecule has 0 heterocycles. The normalized spacial score (nSPS) is 10.1. The van der Waals surface area contributed by atoms with E-state index in [1.165, 1.54) is 18.2 Å². The van der Waals surface area contributed by atoms with Crippen LogP contribution in [0.2, 0.25) is 5.02 Å². The van der Waals surface area contributed by atoms with E-state index >= 15 is 0 Å². The molecule has 2 aromatic rings. The van der Waals surface area contributed by atoms with Gasteiger partial charge in [-0.05, 0) is 30.3 Å². The summed E-state index contributed by atoms with van der Waals surface area (Å²) in [6.45, 7) is -0.253. The van der Waals surface area contributed by atoms with Crippen molar-refractivity contribution in [3.63, 3.8) is 0 Å². The maximum Gasteiger partial charge on any atom is 0.142 e. The minimum Gasteiger partial charge on any atom is -0.489 e. The van der Waals surface area contributed by atoms with Crippen molar-refractivity contribution in [2.24, 2.45) is 0 Å². The molecule has 0 aliphatic rings. The van der Waals surface area contributed by atoms with Gasteiger partial charge in [0.25, 0.3) is 0 Å². The van der Waals surface area contributed by atoms with Gasteiger partial charge in [-0.2, -0.15) is 5.26 Å². The first kappa shape index (κ1) is 14.1. The first-order valence-electron chi connectivity index (χ1n) is 5.57. The molecule has 2 rings (SSSR count). The van der Waals surface area contributed by atoms with Crippen molar-refractivity contribution in [3.8, 4) is 11.8 Å². The second kappa shape index (κ2) is 5.76. The molecule has 6 heteroatoms. The van der Waals surface area contributed by atoms with E-state index in [4.69, 9.17) is 27.3 Å². The highest BCUT2D eigenvalue weighted by Gasteiger charge is 2.13. The Morgan fingerprint density at radius 2 is 1.90 bits per heavy atom. The summed E-state index contributed by atoms with van der Waals surface area (Å²) in [7, 11) is 0. The summed E-state index contributed by atoms with van der Waals surface area (Å²) in [6.07, 6.45) is 0. The molecule has 2 aromatic carbocycles. The lowest BCUT2D eigenvalue weighted by atomic mass is 10.2. The second-order valence-electron chi connectivity index (χ2n) is 3.97. The summed E-state index contributed by atoms with van der Waals surface area (Å²) in [6, 6.07) is 8.26. The predicted molar refractivity (Wildman–Crippen MR) is 71.3 cm³/mol. The van der Waals surface area contributed by atoms with Gasteiger partial charge in [-0.15, -0.1) is 0 Å². The molecule has 0 spiro atoms. The third-order valence-corrected chi connectivity index (χ3v) is 3.08. The van der Waals surface area contributed by atoms with Crippen LogP contribution in [0.5, 0.6) is 5.75 Å². The molecule has 0 aromatic heterocycles. The monoisotopic (exact) mass is 294 g/mol. The fourth-order valence-electron chi connectivity index (χ4n) is 1.58. The number of halogens is 3. The van der Waals surface area contributed by atoms with E-state index in [2.05, 4.69) is 0 Å². The van der Waals surface area contributed by atoms with E-state index in [1.807, 2.05) is 6.07 Å². The number of anilines is 1. The largest absolute Gasteiger partial charge is 0.489 e. The van der Waals surface area contributed by atoms with Gasteiger partial charge < -0.3 is 10.5 Å². The molecular formula is C14H9ClF2N2O. The molecule has 0 aliphatic carbocycles. The van der Waals surface area contributed by atoms with Gasteiger partial charge in [-0.3, -0.25) is 0 Å². The topological polar surface area (TPSA) is 59.0 Å². The molecule has 0 unspecified atom stereocenters. The van der Waals surface area contributed by atoms with Crippen LogP contribution in [0.4, 0.5) is 14.5 Å². The molecule has 102 valence electrons. The van der Waals surface area contributed by atoms with Crippen LogP contribution in [0, 0.1) is 23.0 Å². The van der Waals surface area contributed by atoms with Crippen LogP contribution in [0.1, 0.15) is 11.1 Å². The van der Waals surface area contributed by atoms with E-state index in [-0.39, 0.29) is 22.8 Å². The number of rotatable bonds is 3. The maximum atomic E-state index is 13.5. The van der Waals surface area contributed by atoms with E-state index in [0.29, 0.717) is 11.4 Å². The van der Waals surface area contributed by atoms with Crippen molar-refractivity contribution in [1.29, 1.82) is 5.26 Å². The summed E-state index contributed by atoms with van der Waals surface area (Å²) < 4.78 is 32.1. The third-order valence-electron chi connectivity index (χ3n) is 2.67. The Bertz CT molecular complexity index is 698. The Morgan fingerprint density at radius 1 is 1.20 bits per heavy atom. The summed E-state index contributed by atoms with van der Waals surface area (Å²) in [5.74, 6) is -1.07. The molecule has 0 saturated heterocycles. The van der Waals surface area contributed by atoms with Crippen LogP contribution in [0.3, 0.4) is 0 Å². The quantitative estimate of drug-likeness (QED) is 0.694. The van der Waals surface area contributed by atoms with Crippen molar-refractivity contribution >= 4 is 17.3 Å². The van der Waals surface area contributed by atoms with Gasteiger partial charge in [-0.1, -0.05) is 11.6 Å². The van der Waals surface area contributed by atoms with E-state index in [9.17, 15) is 8.78 Å². The number of nitriles is 1. The number of nitrogens with two attached hydrogens (primary N) is 1. The van der Waals surface area contributed by atoms with E-state index in [1.54, 1.807) is 0 Å². The molecule has 0 atom stereocenters. The van der Waals surface area contributed by atoms with Crippen LogP contribution in [-0.4, -0.2) is 0 Å². The smallest absolute Gasteiger partial charge is 0.142 e. The zero-order valence-corrected chi connectivity index (χ0v) is 10.9. The summed E-state index contributed by atoms with van der Waals surface area (Å²) >= 11 is 5.68. The van der Waals surface area contributed by atoms with Gasteiger partial charge in [0.05, 0.1) is 10.6 Å². The van der Waals surface area contributed by atoms with Crippen LogP contribution in [0.25, 0.3) is 0 Å². The van der Waals surface area contributed by atoms with Gasteiger partial charge in [0.15, 0.2) is 0 Å². The van der Waals surface area contributed by atoms with Crippen LogP contribution in [0.15, 0.2) is 30.3 Å². The number of nitrogens with zero attached hydrogens (tertiary/aromatic N) is 1. The Kier molecular flexibility index (Phi) is 4.06. The molecule has 0 saturated carbocycles. The highest BCUT2D eigenvalue weighted by molar-refractivity contribution is 6.31. The highest BCUT2D eigenvalue weighted by Crippen LogP contribution is 2.25. The summed E-state index contributed by atoms with van der Waals surface area (Å²) in [5.41, 5.74) is 6.04. The second-order valence-corrected chi connectivity index (χ2v) is 4.35. The SMILES string of the molecule is N#Cc1cc(OCc2c(F)ccc(F)c2Cl)ccc1N. The lowest BCUT2D eigenvalue weighted by Gasteiger charge is -2.10. The van der Waals surface area contributed by atoms with Gasteiger partial charge in [0.2, 0.25) is 0 Å². The molecule has 0 fully saturated rings. The molecule has 20 heavy (non-hydrogen) atoms. The van der Waals surface area contributed by atoms with E-state index in [0.717, 1.165) is 12.1 Å². The highest BCUT2D eigenvalue weighted by atomic mass is 35.5. The van der Waals surface area contributed by atoms with Crippen LogP contribution >= 0.6 is 11.6 Å². The van der Waals surface area contributed by atoms with Gasteiger partial charge in [-0.25, -0.2) is 8.78 Å². The summed E-state index contributed by atoms with van der Waals surface area (Å²) in [5, 5.41) is 8.52. The lowest BCUT2D eigenvalue weighted by Crippen LogP contribution is -2.02. The standard InChI is InChI=1S/C14H9ClF2N2O/c15-14-10(11(16)2-3-12(14)17)7-20-9-1-4-13(19)8(5-9)6-18/h1-5H,7,19H2. The number of nitrogen functional groups attached to an aromatic ring is 1.